The lowest BCUT2D eigenvalue weighted by molar-refractivity contribution is -0.112. The Morgan fingerprint density at radius 2 is 1.80 bits per heavy atom. The van der Waals surface area contributed by atoms with Gasteiger partial charge in [-0.05, 0) is 42.8 Å². The van der Waals surface area contributed by atoms with Crippen LogP contribution in [0.5, 0.6) is 0 Å². The van der Waals surface area contributed by atoms with Crippen LogP contribution in [0.25, 0.3) is 17.0 Å². The number of hydrogen-bond acceptors (Lipinski definition) is 3. The highest BCUT2D eigenvalue weighted by molar-refractivity contribution is 6.09. The normalized spacial score (nSPS) is 11.3. The van der Waals surface area contributed by atoms with E-state index in [4.69, 9.17) is 0 Å². The Kier molecular flexibility index (Phi) is 4.57. The van der Waals surface area contributed by atoms with Crippen LogP contribution in [0.15, 0.2) is 66.4 Å². The number of amides is 1. The monoisotopic (exact) mass is 332 g/mol. The maximum absolute atomic E-state index is 12.4. The number of carboxylic acids is 1. The third-order valence-electron chi connectivity index (χ3n) is 3.76. The first-order valence-electron chi connectivity index (χ1n) is 7.71. The van der Waals surface area contributed by atoms with Crippen LogP contribution in [-0.2, 0) is 4.79 Å². The van der Waals surface area contributed by atoms with Crippen LogP contribution in [0.1, 0.15) is 22.8 Å². The van der Waals surface area contributed by atoms with Crippen LogP contribution in [0.2, 0.25) is 0 Å². The average Bonchev–Trinajstić information content (AvgIpc) is 2.61. The van der Waals surface area contributed by atoms with E-state index >= 15 is 0 Å². The van der Waals surface area contributed by atoms with Gasteiger partial charge in [0, 0.05) is 17.2 Å². The molecule has 5 heteroatoms. The summed E-state index contributed by atoms with van der Waals surface area (Å²) in [6.07, 6.45) is 3.42. The molecule has 3 rings (SSSR count). The largest absolute Gasteiger partial charge is 0.478 e. The number of fused-ring (bicyclic) bond motifs is 1. The molecule has 0 unspecified atom stereocenters. The van der Waals surface area contributed by atoms with Crippen LogP contribution < -0.4 is 5.32 Å². The third kappa shape index (κ3) is 3.72. The minimum atomic E-state index is -1.09. The fourth-order valence-corrected chi connectivity index (χ4v) is 2.48. The van der Waals surface area contributed by atoms with Crippen molar-refractivity contribution in [2.24, 2.45) is 0 Å². The number of carbonyl (C=O) groups excluding carboxylic acids is 1. The van der Waals surface area contributed by atoms with E-state index in [2.05, 4.69) is 10.3 Å². The first-order chi connectivity index (χ1) is 12.0. The van der Waals surface area contributed by atoms with Crippen LogP contribution in [0.3, 0.4) is 0 Å². The molecule has 0 radical (unpaired) electrons. The van der Waals surface area contributed by atoms with E-state index in [0.717, 1.165) is 16.5 Å². The fraction of sp³-hybridized carbons (Fsp3) is 0.0500. The van der Waals surface area contributed by atoms with Gasteiger partial charge in [0.2, 0.25) is 0 Å². The Labute approximate surface area is 144 Å². The van der Waals surface area contributed by atoms with Gasteiger partial charge in [0.1, 0.15) is 0 Å². The molecule has 0 aliphatic carbocycles. The number of carboxylic acid groups (broad SMARTS) is 1. The van der Waals surface area contributed by atoms with Crippen molar-refractivity contribution < 1.29 is 14.7 Å². The molecule has 0 aliphatic rings. The lowest BCUT2D eigenvalue weighted by atomic mass is 10.1. The number of para-hydroxylation sites is 2. The molecule has 0 spiro atoms. The number of pyridine rings is 1. The van der Waals surface area contributed by atoms with Gasteiger partial charge in [0.15, 0.2) is 0 Å². The lowest BCUT2D eigenvalue weighted by Crippen LogP contribution is -2.15. The van der Waals surface area contributed by atoms with Gasteiger partial charge in [-0.15, -0.1) is 0 Å². The Morgan fingerprint density at radius 1 is 1.08 bits per heavy atom. The zero-order chi connectivity index (χ0) is 17.8. The Hall–Kier alpha value is -3.47. The standard InChI is InChI=1S/C20H16N2O3/c1-13(10-14-11-15-6-2-4-8-17(15)21-12-14)19(23)22-18-9-5-3-7-16(18)20(24)25/h2-12H,1H3,(H,22,23)(H,24,25). The first kappa shape index (κ1) is 16.4. The van der Waals surface area contributed by atoms with Crippen LogP contribution in [-0.4, -0.2) is 22.0 Å². The van der Waals surface area contributed by atoms with E-state index in [1.807, 2.05) is 30.3 Å². The zero-order valence-electron chi connectivity index (χ0n) is 13.6. The second kappa shape index (κ2) is 6.97. The Balaban J connectivity index is 1.84. The summed E-state index contributed by atoms with van der Waals surface area (Å²) in [5.41, 5.74) is 2.47. The maximum Gasteiger partial charge on any atom is 0.337 e. The van der Waals surface area contributed by atoms with E-state index in [1.54, 1.807) is 37.4 Å². The van der Waals surface area contributed by atoms with Gasteiger partial charge >= 0.3 is 5.97 Å². The van der Waals surface area contributed by atoms with Crippen molar-refractivity contribution in [3.05, 3.63) is 77.5 Å². The number of aromatic nitrogens is 1. The number of aromatic carboxylic acids is 1. The van der Waals surface area contributed by atoms with Gasteiger partial charge in [-0.25, -0.2) is 4.79 Å². The highest BCUT2D eigenvalue weighted by atomic mass is 16.4. The number of anilines is 1. The molecule has 3 aromatic rings. The average molecular weight is 332 g/mol. The zero-order valence-corrected chi connectivity index (χ0v) is 13.6. The molecule has 0 saturated heterocycles. The van der Waals surface area contributed by atoms with E-state index in [1.165, 1.54) is 6.07 Å². The summed E-state index contributed by atoms with van der Waals surface area (Å²) in [4.78, 5) is 27.9. The van der Waals surface area contributed by atoms with E-state index in [9.17, 15) is 14.7 Å². The minimum Gasteiger partial charge on any atom is -0.478 e. The molecular formula is C20H16N2O3. The highest BCUT2D eigenvalue weighted by Crippen LogP contribution is 2.18. The maximum atomic E-state index is 12.4. The number of rotatable bonds is 4. The molecule has 2 N–H and O–H groups in total. The molecule has 0 fully saturated rings. The van der Waals surface area contributed by atoms with Crippen molar-refractivity contribution in [3.63, 3.8) is 0 Å². The van der Waals surface area contributed by atoms with Crippen molar-refractivity contribution in [2.45, 2.75) is 6.92 Å². The molecule has 0 bridgehead atoms. The smallest absolute Gasteiger partial charge is 0.337 e. The Morgan fingerprint density at radius 3 is 2.60 bits per heavy atom. The lowest BCUT2D eigenvalue weighted by Gasteiger charge is -2.08. The molecule has 2 aromatic carbocycles. The van der Waals surface area contributed by atoms with E-state index < -0.39 is 5.97 Å². The molecule has 0 saturated carbocycles. The Bertz CT molecular complexity index is 993. The molecule has 1 aromatic heterocycles. The summed E-state index contributed by atoms with van der Waals surface area (Å²) in [5.74, 6) is -1.45. The van der Waals surface area contributed by atoms with Crippen molar-refractivity contribution in [1.29, 1.82) is 0 Å². The first-order valence-corrected chi connectivity index (χ1v) is 7.71. The second-order valence-corrected chi connectivity index (χ2v) is 5.59. The predicted molar refractivity (Wildman–Crippen MR) is 97.4 cm³/mol. The fourth-order valence-electron chi connectivity index (χ4n) is 2.48. The van der Waals surface area contributed by atoms with Gasteiger partial charge in [-0.1, -0.05) is 30.3 Å². The van der Waals surface area contributed by atoms with Gasteiger partial charge < -0.3 is 10.4 Å². The summed E-state index contributed by atoms with van der Waals surface area (Å²) in [6.45, 7) is 1.67. The molecule has 0 atom stereocenters. The second-order valence-electron chi connectivity index (χ2n) is 5.59. The SMILES string of the molecule is CC(=Cc1cnc2ccccc2c1)C(=O)Nc1ccccc1C(=O)O. The quantitative estimate of drug-likeness (QED) is 0.708. The van der Waals surface area contributed by atoms with Crippen molar-refractivity contribution >= 4 is 34.5 Å². The summed E-state index contributed by atoms with van der Waals surface area (Å²) in [7, 11) is 0. The molecule has 0 aliphatic heterocycles. The number of nitrogens with zero attached hydrogens (tertiary/aromatic N) is 1. The van der Waals surface area contributed by atoms with Crippen molar-refractivity contribution in [1.82, 2.24) is 4.98 Å². The molecule has 124 valence electrons. The number of hydrogen-bond donors (Lipinski definition) is 2. The van der Waals surface area contributed by atoms with Crippen LogP contribution in [0.4, 0.5) is 5.69 Å². The molecule has 5 nitrogen and oxygen atoms in total. The summed E-state index contributed by atoms with van der Waals surface area (Å²) in [6, 6.07) is 16.0. The molecule has 1 amide bonds. The van der Waals surface area contributed by atoms with Gasteiger partial charge in [0.25, 0.3) is 5.91 Å². The number of nitrogens with one attached hydrogen (secondary N) is 1. The van der Waals surface area contributed by atoms with Gasteiger partial charge in [-0.3, -0.25) is 9.78 Å². The minimum absolute atomic E-state index is 0.0519. The van der Waals surface area contributed by atoms with Crippen molar-refractivity contribution in [2.75, 3.05) is 5.32 Å². The van der Waals surface area contributed by atoms with Gasteiger partial charge in [-0.2, -0.15) is 0 Å². The van der Waals surface area contributed by atoms with Gasteiger partial charge in [0.05, 0.1) is 16.8 Å². The van der Waals surface area contributed by atoms with E-state index in [0.29, 0.717) is 5.57 Å². The third-order valence-corrected chi connectivity index (χ3v) is 3.76. The summed E-state index contributed by atoms with van der Waals surface area (Å²) in [5, 5.41) is 12.8. The number of benzene rings is 2. The highest BCUT2D eigenvalue weighted by Gasteiger charge is 2.12. The summed E-state index contributed by atoms with van der Waals surface area (Å²) < 4.78 is 0. The summed E-state index contributed by atoms with van der Waals surface area (Å²) >= 11 is 0. The van der Waals surface area contributed by atoms with Crippen molar-refractivity contribution in [3.8, 4) is 0 Å². The van der Waals surface area contributed by atoms with E-state index in [-0.39, 0.29) is 17.2 Å². The van der Waals surface area contributed by atoms with Crippen LogP contribution >= 0.6 is 0 Å². The number of carbonyl (C=O) groups is 2. The van der Waals surface area contributed by atoms with Crippen LogP contribution in [0, 0.1) is 0 Å². The molecule has 25 heavy (non-hydrogen) atoms. The topological polar surface area (TPSA) is 79.3 Å². The molecular weight excluding hydrogens is 316 g/mol. The molecule has 1 heterocycles. The predicted octanol–water partition coefficient (Wildman–Crippen LogP) is 3.98.